The van der Waals surface area contributed by atoms with Gasteiger partial charge in [0.2, 0.25) is 0 Å². The number of aromatic hydroxyl groups is 1. The fraction of sp³-hybridized carbons (Fsp3) is 0. The summed E-state index contributed by atoms with van der Waals surface area (Å²) in [6, 6.07) is 18.5. The van der Waals surface area contributed by atoms with Gasteiger partial charge in [-0.3, -0.25) is 9.52 Å². The van der Waals surface area contributed by atoms with Crippen molar-refractivity contribution in [3.63, 3.8) is 0 Å². The van der Waals surface area contributed by atoms with Crippen molar-refractivity contribution in [3.05, 3.63) is 88.4 Å². The van der Waals surface area contributed by atoms with Crippen LogP contribution >= 0.6 is 15.9 Å². The second-order valence-corrected chi connectivity index (χ2v) is 8.53. The number of amides is 1. The number of hydrogen-bond donors (Lipinski definition) is 3. The SMILES string of the molecule is O=C(NN=Cc1ccc(O)cc1)c1ccc(NS(=O)(=O)c2ccc(Br)cc2)cc1. The summed E-state index contributed by atoms with van der Waals surface area (Å²) in [7, 11) is -3.72. The minimum atomic E-state index is -3.72. The van der Waals surface area contributed by atoms with E-state index >= 15 is 0 Å². The van der Waals surface area contributed by atoms with Crippen LogP contribution in [0.2, 0.25) is 0 Å². The van der Waals surface area contributed by atoms with E-state index in [0.29, 0.717) is 16.8 Å². The Morgan fingerprint density at radius 3 is 2.17 bits per heavy atom. The summed E-state index contributed by atoms with van der Waals surface area (Å²) in [5, 5.41) is 13.1. The first-order valence-corrected chi connectivity index (χ1v) is 10.6. The van der Waals surface area contributed by atoms with Crippen molar-refractivity contribution < 1.29 is 18.3 Å². The van der Waals surface area contributed by atoms with Gasteiger partial charge in [0.15, 0.2) is 0 Å². The van der Waals surface area contributed by atoms with Crippen molar-refractivity contribution in [2.45, 2.75) is 4.90 Å². The summed E-state index contributed by atoms with van der Waals surface area (Å²) in [6.07, 6.45) is 1.44. The Morgan fingerprint density at radius 1 is 0.931 bits per heavy atom. The Labute approximate surface area is 176 Å². The fourth-order valence-corrected chi connectivity index (χ4v) is 3.63. The van der Waals surface area contributed by atoms with Crippen molar-refractivity contribution in [1.29, 1.82) is 0 Å². The number of phenolic OH excluding ortho intramolecular Hbond substituents is 1. The van der Waals surface area contributed by atoms with E-state index in [0.717, 1.165) is 4.47 Å². The van der Waals surface area contributed by atoms with E-state index in [1.807, 2.05) is 0 Å². The Balaban J connectivity index is 1.62. The predicted molar refractivity (Wildman–Crippen MR) is 115 cm³/mol. The van der Waals surface area contributed by atoms with Crippen LogP contribution in [0.1, 0.15) is 15.9 Å². The third-order valence-electron chi connectivity index (χ3n) is 3.80. The second-order valence-electron chi connectivity index (χ2n) is 5.93. The van der Waals surface area contributed by atoms with E-state index in [2.05, 4.69) is 31.2 Å². The number of carbonyl (C=O) groups is 1. The van der Waals surface area contributed by atoms with Gasteiger partial charge in [-0.15, -0.1) is 0 Å². The van der Waals surface area contributed by atoms with Gasteiger partial charge >= 0.3 is 0 Å². The highest BCUT2D eigenvalue weighted by atomic mass is 79.9. The molecular formula is C20H16BrN3O4S. The van der Waals surface area contributed by atoms with Gasteiger partial charge in [0.05, 0.1) is 11.1 Å². The molecule has 3 aromatic carbocycles. The molecule has 0 saturated carbocycles. The number of halogens is 1. The molecule has 0 atom stereocenters. The molecule has 7 nitrogen and oxygen atoms in total. The molecule has 0 unspecified atom stereocenters. The van der Waals surface area contributed by atoms with Crippen molar-refractivity contribution in [3.8, 4) is 5.75 Å². The third kappa shape index (κ3) is 5.66. The average molecular weight is 474 g/mol. The maximum Gasteiger partial charge on any atom is 0.271 e. The number of hydrazone groups is 1. The van der Waals surface area contributed by atoms with Gasteiger partial charge in [0, 0.05) is 15.7 Å². The Morgan fingerprint density at radius 2 is 1.55 bits per heavy atom. The van der Waals surface area contributed by atoms with Gasteiger partial charge in [-0.2, -0.15) is 5.10 Å². The molecular weight excluding hydrogens is 458 g/mol. The van der Waals surface area contributed by atoms with Gasteiger partial charge < -0.3 is 5.11 Å². The molecule has 9 heteroatoms. The van der Waals surface area contributed by atoms with Gasteiger partial charge in [0.25, 0.3) is 15.9 Å². The fourth-order valence-electron chi connectivity index (χ4n) is 2.31. The zero-order valence-corrected chi connectivity index (χ0v) is 17.3. The number of sulfonamides is 1. The molecule has 0 aliphatic heterocycles. The Bertz CT molecular complexity index is 1130. The van der Waals surface area contributed by atoms with Crippen LogP contribution in [0.15, 0.2) is 87.3 Å². The number of carbonyl (C=O) groups excluding carboxylic acids is 1. The maximum atomic E-state index is 12.4. The smallest absolute Gasteiger partial charge is 0.271 e. The van der Waals surface area contributed by atoms with E-state index in [1.165, 1.54) is 54.7 Å². The maximum absolute atomic E-state index is 12.4. The van der Waals surface area contributed by atoms with Crippen LogP contribution in [0, 0.1) is 0 Å². The van der Waals surface area contributed by atoms with Crippen molar-refractivity contribution in [2.75, 3.05) is 4.72 Å². The van der Waals surface area contributed by atoms with Crippen molar-refractivity contribution in [2.24, 2.45) is 5.10 Å². The highest BCUT2D eigenvalue weighted by Crippen LogP contribution is 2.19. The highest BCUT2D eigenvalue weighted by molar-refractivity contribution is 9.10. The van der Waals surface area contributed by atoms with E-state index in [9.17, 15) is 18.3 Å². The average Bonchev–Trinajstić information content (AvgIpc) is 2.70. The largest absolute Gasteiger partial charge is 0.508 e. The molecule has 3 N–H and O–H groups in total. The molecule has 0 radical (unpaired) electrons. The van der Waals surface area contributed by atoms with Crippen molar-refractivity contribution in [1.82, 2.24) is 5.43 Å². The lowest BCUT2D eigenvalue weighted by atomic mass is 10.2. The van der Waals surface area contributed by atoms with Crippen LogP contribution in [0.25, 0.3) is 0 Å². The first kappa shape index (κ1) is 20.6. The highest BCUT2D eigenvalue weighted by Gasteiger charge is 2.14. The molecule has 0 saturated heterocycles. The van der Waals surface area contributed by atoms with Crippen LogP contribution in [-0.4, -0.2) is 25.6 Å². The number of rotatable bonds is 6. The topological polar surface area (TPSA) is 108 Å². The first-order chi connectivity index (χ1) is 13.8. The minimum Gasteiger partial charge on any atom is -0.508 e. The van der Waals surface area contributed by atoms with Crippen molar-refractivity contribution >= 4 is 43.8 Å². The van der Waals surface area contributed by atoms with E-state index < -0.39 is 15.9 Å². The van der Waals surface area contributed by atoms with E-state index in [-0.39, 0.29) is 10.6 Å². The minimum absolute atomic E-state index is 0.131. The van der Waals surface area contributed by atoms with E-state index in [4.69, 9.17) is 0 Å². The predicted octanol–water partition coefficient (Wildman–Crippen LogP) is 3.72. The normalized spacial score (nSPS) is 11.3. The van der Waals surface area contributed by atoms with Crippen LogP contribution in [0.4, 0.5) is 5.69 Å². The van der Waals surface area contributed by atoms with Crippen LogP contribution in [-0.2, 0) is 10.0 Å². The summed E-state index contributed by atoms with van der Waals surface area (Å²) in [6.45, 7) is 0. The molecule has 0 aliphatic rings. The number of nitrogens with zero attached hydrogens (tertiary/aromatic N) is 1. The summed E-state index contributed by atoms with van der Waals surface area (Å²) >= 11 is 3.26. The number of benzene rings is 3. The summed E-state index contributed by atoms with van der Waals surface area (Å²) in [4.78, 5) is 12.3. The first-order valence-electron chi connectivity index (χ1n) is 8.34. The zero-order chi connectivity index (χ0) is 20.9. The Kier molecular flexibility index (Phi) is 6.30. The number of nitrogens with one attached hydrogen (secondary N) is 2. The Hall–Kier alpha value is -3.17. The molecule has 0 fully saturated rings. The van der Waals surface area contributed by atoms with Gasteiger partial charge in [-0.05, 0) is 78.4 Å². The van der Waals surface area contributed by atoms with Gasteiger partial charge in [-0.25, -0.2) is 13.8 Å². The number of hydrogen-bond acceptors (Lipinski definition) is 5. The molecule has 148 valence electrons. The lowest BCUT2D eigenvalue weighted by Crippen LogP contribution is -2.18. The molecule has 0 aliphatic carbocycles. The number of anilines is 1. The van der Waals surface area contributed by atoms with E-state index in [1.54, 1.807) is 24.3 Å². The summed E-state index contributed by atoms with van der Waals surface area (Å²) in [5.74, 6) is -0.302. The molecule has 0 aromatic heterocycles. The molecule has 1 amide bonds. The van der Waals surface area contributed by atoms with Gasteiger partial charge in [-0.1, -0.05) is 15.9 Å². The molecule has 29 heavy (non-hydrogen) atoms. The summed E-state index contributed by atoms with van der Waals surface area (Å²) < 4.78 is 28.0. The van der Waals surface area contributed by atoms with Crippen LogP contribution in [0.3, 0.4) is 0 Å². The van der Waals surface area contributed by atoms with Crippen LogP contribution in [0.5, 0.6) is 5.75 Å². The molecule has 3 aromatic rings. The molecule has 0 bridgehead atoms. The van der Waals surface area contributed by atoms with Crippen LogP contribution < -0.4 is 10.1 Å². The molecule has 3 rings (SSSR count). The standard InChI is InChI=1S/C20H16BrN3O4S/c21-16-5-11-19(12-6-16)29(27,28)24-17-7-3-15(4-8-17)20(26)23-22-13-14-1-9-18(25)10-2-14/h1-13,24-25H,(H,23,26). The lowest BCUT2D eigenvalue weighted by Gasteiger charge is -2.09. The molecule has 0 spiro atoms. The quantitative estimate of drug-likeness (QED) is 0.374. The van der Waals surface area contributed by atoms with Gasteiger partial charge in [0.1, 0.15) is 5.75 Å². The number of phenols is 1. The lowest BCUT2D eigenvalue weighted by molar-refractivity contribution is 0.0955. The summed E-state index contributed by atoms with van der Waals surface area (Å²) in [5.41, 5.74) is 3.74. The zero-order valence-electron chi connectivity index (χ0n) is 14.9. The molecule has 0 heterocycles. The third-order valence-corrected chi connectivity index (χ3v) is 5.72. The monoisotopic (exact) mass is 473 g/mol. The second kappa shape index (κ2) is 8.89.